The summed E-state index contributed by atoms with van der Waals surface area (Å²) in [5, 5.41) is 0.687. The average molecular weight is 236 g/mol. The number of hydrogen-bond donors (Lipinski definition) is 0. The van der Waals surface area contributed by atoms with Gasteiger partial charge in [-0.05, 0) is 12.1 Å². The first-order chi connectivity index (χ1) is 7.83. The minimum absolute atomic E-state index is 0.633. The summed E-state index contributed by atoms with van der Waals surface area (Å²) in [7, 11) is 3.18. The van der Waals surface area contributed by atoms with Crippen LogP contribution in [0.5, 0.6) is 22.3 Å². The monoisotopic (exact) mass is 236 g/mol. The third-order valence-corrected chi connectivity index (χ3v) is 2.53. The van der Waals surface area contributed by atoms with Crippen molar-refractivity contribution < 1.29 is 14.2 Å². The van der Waals surface area contributed by atoms with Crippen molar-refractivity contribution in [1.29, 1.82) is 0 Å². The Morgan fingerprint density at radius 3 is 2.62 bits per heavy atom. The maximum Gasteiger partial charge on any atom is 0.201 e. The minimum atomic E-state index is 0.633. The number of benzene rings is 1. The number of thiazole rings is 1. The zero-order valence-corrected chi connectivity index (χ0v) is 9.71. The molecular formula is C11H10NO3S. The summed E-state index contributed by atoms with van der Waals surface area (Å²) in [6.07, 6.45) is 1.61. The predicted octanol–water partition coefficient (Wildman–Crippen LogP) is 2.75. The summed E-state index contributed by atoms with van der Waals surface area (Å²) in [6, 6.07) is 5.36. The first-order valence-corrected chi connectivity index (χ1v) is 5.37. The molecule has 0 bridgehead atoms. The molecule has 0 aliphatic heterocycles. The Morgan fingerprint density at radius 1 is 1.19 bits per heavy atom. The van der Waals surface area contributed by atoms with Crippen molar-refractivity contribution in [3.05, 3.63) is 29.9 Å². The Kier molecular flexibility index (Phi) is 3.26. The van der Waals surface area contributed by atoms with Gasteiger partial charge in [0.15, 0.2) is 17.0 Å². The van der Waals surface area contributed by atoms with E-state index in [1.807, 2.05) is 0 Å². The average Bonchev–Trinajstić information content (AvgIpc) is 2.81. The molecule has 0 amide bonds. The smallest absolute Gasteiger partial charge is 0.201 e. The van der Waals surface area contributed by atoms with Gasteiger partial charge in [0.25, 0.3) is 0 Å². The highest BCUT2D eigenvalue weighted by Gasteiger charge is 2.06. The Hall–Kier alpha value is -1.75. The molecule has 4 nitrogen and oxygen atoms in total. The number of methoxy groups -OCH3 is 2. The summed E-state index contributed by atoms with van der Waals surface area (Å²) in [6.45, 7) is 0. The molecule has 83 valence electrons. The van der Waals surface area contributed by atoms with Gasteiger partial charge in [0.2, 0.25) is 5.06 Å². The Morgan fingerprint density at radius 2 is 2.00 bits per heavy atom. The summed E-state index contributed by atoms with van der Waals surface area (Å²) in [5.74, 6) is 1.98. The highest BCUT2D eigenvalue weighted by Crippen LogP contribution is 2.33. The molecule has 0 N–H and O–H groups in total. The van der Waals surface area contributed by atoms with Gasteiger partial charge in [-0.2, -0.15) is 0 Å². The lowest BCUT2D eigenvalue weighted by Gasteiger charge is -2.09. The fraction of sp³-hybridized carbons (Fsp3) is 0.182. The molecule has 0 aliphatic rings. The number of nitrogens with zero attached hydrogens (tertiary/aromatic N) is 1. The normalized spacial score (nSPS) is 9.88. The molecule has 16 heavy (non-hydrogen) atoms. The second-order valence-corrected chi connectivity index (χ2v) is 3.68. The number of ether oxygens (including phenoxy) is 3. The van der Waals surface area contributed by atoms with E-state index in [9.17, 15) is 0 Å². The van der Waals surface area contributed by atoms with Crippen LogP contribution in [0, 0.1) is 5.51 Å². The maximum atomic E-state index is 5.55. The van der Waals surface area contributed by atoms with E-state index in [4.69, 9.17) is 14.2 Å². The van der Waals surface area contributed by atoms with E-state index in [2.05, 4.69) is 10.5 Å². The van der Waals surface area contributed by atoms with E-state index < -0.39 is 0 Å². The fourth-order valence-electron chi connectivity index (χ4n) is 1.22. The van der Waals surface area contributed by atoms with Crippen molar-refractivity contribution in [3.8, 4) is 22.3 Å². The lowest BCUT2D eigenvalue weighted by atomic mass is 10.3. The van der Waals surface area contributed by atoms with Gasteiger partial charge >= 0.3 is 0 Å². The lowest BCUT2D eigenvalue weighted by Crippen LogP contribution is -1.91. The van der Waals surface area contributed by atoms with Crippen molar-refractivity contribution in [2.24, 2.45) is 0 Å². The quantitative estimate of drug-likeness (QED) is 0.818. The third kappa shape index (κ3) is 2.25. The van der Waals surface area contributed by atoms with Crippen LogP contribution in [0.25, 0.3) is 0 Å². The van der Waals surface area contributed by atoms with Crippen LogP contribution in [0.3, 0.4) is 0 Å². The van der Waals surface area contributed by atoms with Crippen LogP contribution in [0.1, 0.15) is 0 Å². The predicted molar refractivity (Wildman–Crippen MR) is 60.6 cm³/mol. The molecule has 0 spiro atoms. The molecule has 0 aliphatic carbocycles. The van der Waals surface area contributed by atoms with E-state index in [1.165, 1.54) is 11.3 Å². The van der Waals surface area contributed by atoms with Crippen LogP contribution in [-0.4, -0.2) is 19.2 Å². The second-order valence-electron chi connectivity index (χ2n) is 2.89. The molecule has 2 rings (SSSR count). The second kappa shape index (κ2) is 4.85. The van der Waals surface area contributed by atoms with Crippen LogP contribution in [0.2, 0.25) is 0 Å². The van der Waals surface area contributed by atoms with Crippen LogP contribution in [-0.2, 0) is 0 Å². The van der Waals surface area contributed by atoms with Gasteiger partial charge < -0.3 is 14.2 Å². The van der Waals surface area contributed by atoms with E-state index in [0.717, 1.165) is 0 Å². The van der Waals surface area contributed by atoms with Crippen LogP contribution in [0.4, 0.5) is 0 Å². The summed E-state index contributed by atoms with van der Waals surface area (Å²) < 4.78 is 15.9. The molecule has 0 saturated carbocycles. The maximum absolute atomic E-state index is 5.55. The SMILES string of the molecule is COc1ccc(Oc2cn[c]s2)cc1OC. The molecule has 1 aromatic heterocycles. The van der Waals surface area contributed by atoms with Gasteiger partial charge in [0, 0.05) is 6.07 Å². The molecule has 2 aromatic rings. The van der Waals surface area contributed by atoms with Gasteiger partial charge in [-0.1, -0.05) is 11.3 Å². The Labute approximate surface area is 97.4 Å². The molecule has 0 unspecified atom stereocenters. The van der Waals surface area contributed by atoms with Crippen molar-refractivity contribution in [2.45, 2.75) is 0 Å². The molecule has 5 heteroatoms. The summed E-state index contributed by atoms with van der Waals surface area (Å²) in [4.78, 5) is 3.81. The largest absolute Gasteiger partial charge is 0.493 e. The van der Waals surface area contributed by atoms with Gasteiger partial charge in [-0.15, -0.1) is 0 Å². The molecule has 0 atom stereocenters. The first-order valence-electron chi connectivity index (χ1n) is 4.55. The molecule has 0 fully saturated rings. The number of aromatic nitrogens is 1. The van der Waals surface area contributed by atoms with E-state index >= 15 is 0 Å². The number of rotatable bonds is 4. The molecule has 1 aromatic carbocycles. The lowest BCUT2D eigenvalue weighted by molar-refractivity contribution is 0.352. The minimum Gasteiger partial charge on any atom is -0.493 e. The van der Waals surface area contributed by atoms with Gasteiger partial charge in [-0.3, -0.25) is 0 Å². The first kappa shape index (κ1) is 10.8. The highest BCUT2D eigenvalue weighted by molar-refractivity contribution is 7.11. The third-order valence-electron chi connectivity index (χ3n) is 1.94. The van der Waals surface area contributed by atoms with Gasteiger partial charge in [-0.25, -0.2) is 4.98 Å². The highest BCUT2D eigenvalue weighted by atomic mass is 32.1. The van der Waals surface area contributed by atoms with E-state index in [1.54, 1.807) is 38.6 Å². The van der Waals surface area contributed by atoms with E-state index in [0.29, 0.717) is 22.3 Å². The van der Waals surface area contributed by atoms with Crippen LogP contribution < -0.4 is 14.2 Å². The van der Waals surface area contributed by atoms with Gasteiger partial charge in [0.05, 0.1) is 20.4 Å². The van der Waals surface area contributed by atoms with Crippen molar-refractivity contribution in [3.63, 3.8) is 0 Å². The molecule has 1 heterocycles. The zero-order valence-electron chi connectivity index (χ0n) is 8.89. The standard InChI is InChI=1S/C11H10NO3S/c1-13-9-4-3-8(5-10(9)14-2)15-11-6-12-7-16-11/h3-6H,1-2H3. The van der Waals surface area contributed by atoms with Crippen molar-refractivity contribution >= 4 is 11.3 Å². The Balaban J connectivity index is 2.22. The van der Waals surface area contributed by atoms with Crippen molar-refractivity contribution in [1.82, 2.24) is 4.98 Å². The van der Waals surface area contributed by atoms with E-state index in [-0.39, 0.29) is 0 Å². The fourth-order valence-corrected chi connectivity index (χ4v) is 1.66. The molecular weight excluding hydrogens is 226 g/mol. The topological polar surface area (TPSA) is 40.6 Å². The van der Waals surface area contributed by atoms with Gasteiger partial charge in [0.1, 0.15) is 5.75 Å². The van der Waals surface area contributed by atoms with Crippen molar-refractivity contribution in [2.75, 3.05) is 14.2 Å². The molecule has 1 radical (unpaired) electrons. The summed E-state index contributed by atoms with van der Waals surface area (Å²) >= 11 is 1.31. The Bertz CT molecular complexity index is 456. The number of hydrogen-bond acceptors (Lipinski definition) is 5. The van der Waals surface area contributed by atoms with Crippen LogP contribution in [0.15, 0.2) is 24.4 Å². The van der Waals surface area contributed by atoms with Crippen LogP contribution >= 0.6 is 11.3 Å². The zero-order chi connectivity index (χ0) is 11.4. The summed E-state index contributed by atoms with van der Waals surface area (Å²) in [5.41, 5.74) is 2.71. The molecule has 0 saturated heterocycles.